The molecule has 0 radical (unpaired) electrons. The van der Waals surface area contributed by atoms with Crippen LogP contribution >= 0.6 is 0 Å². The molecular weight excluding hydrogens is 254 g/mol. The molecule has 0 aromatic carbocycles. The third-order valence-corrected chi connectivity index (χ3v) is 4.73. The Morgan fingerprint density at radius 2 is 2.00 bits per heavy atom. The molecule has 3 atom stereocenters. The molecule has 4 heteroatoms. The molecule has 1 spiro atoms. The molecule has 0 amide bonds. The molecule has 4 nitrogen and oxygen atoms in total. The number of hydrogen-bond donors (Lipinski definition) is 2. The highest BCUT2D eigenvalue weighted by Crippen LogP contribution is 2.41. The molecule has 0 saturated carbocycles. The molecule has 2 N–H and O–H groups in total. The second-order valence-electron chi connectivity index (χ2n) is 7.81. The fraction of sp³-hybridized carbons (Fsp3) is 1.00. The van der Waals surface area contributed by atoms with Gasteiger partial charge in [0.1, 0.15) is 0 Å². The number of hydrogen-bond acceptors (Lipinski definition) is 4. The van der Waals surface area contributed by atoms with E-state index < -0.39 is 5.60 Å². The van der Waals surface area contributed by atoms with Crippen LogP contribution in [-0.2, 0) is 9.47 Å². The van der Waals surface area contributed by atoms with Gasteiger partial charge in [0.25, 0.3) is 0 Å². The molecule has 2 aliphatic heterocycles. The summed E-state index contributed by atoms with van der Waals surface area (Å²) in [6, 6.07) is 0. The first kappa shape index (κ1) is 16.2. The summed E-state index contributed by atoms with van der Waals surface area (Å²) in [5.41, 5.74) is -0.645. The second-order valence-corrected chi connectivity index (χ2v) is 7.81. The lowest BCUT2D eigenvalue weighted by molar-refractivity contribution is -0.139. The summed E-state index contributed by atoms with van der Waals surface area (Å²) in [5.74, 6) is 0.305. The van der Waals surface area contributed by atoms with E-state index in [-0.39, 0.29) is 11.1 Å². The first-order chi connectivity index (χ1) is 9.23. The van der Waals surface area contributed by atoms with Crippen LogP contribution in [0.15, 0.2) is 0 Å². The normalized spacial score (nSPS) is 34.4. The number of nitrogens with one attached hydrogen (secondary N) is 1. The summed E-state index contributed by atoms with van der Waals surface area (Å²) in [7, 11) is 0. The molecule has 2 saturated heterocycles. The average molecular weight is 285 g/mol. The van der Waals surface area contributed by atoms with Gasteiger partial charge < -0.3 is 19.9 Å². The minimum absolute atomic E-state index is 0.103. The molecule has 2 fully saturated rings. The van der Waals surface area contributed by atoms with Gasteiger partial charge in [0.05, 0.1) is 17.8 Å². The summed E-state index contributed by atoms with van der Waals surface area (Å²) in [4.78, 5) is 0. The van der Waals surface area contributed by atoms with E-state index in [1.165, 1.54) is 0 Å². The quantitative estimate of drug-likeness (QED) is 0.830. The molecule has 2 heterocycles. The largest absolute Gasteiger partial charge is 0.390 e. The first-order valence-electron chi connectivity index (χ1n) is 7.92. The van der Waals surface area contributed by atoms with Crippen LogP contribution in [0.2, 0.25) is 0 Å². The predicted molar refractivity (Wildman–Crippen MR) is 79.8 cm³/mol. The highest BCUT2D eigenvalue weighted by Gasteiger charge is 2.45. The predicted octanol–water partition coefficient (Wildman–Crippen LogP) is 2.10. The van der Waals surface area contributed by atoms with Crippen LogP contribution < -0.4 is 5.32 Å². The van der Waals surface area contributed by atoms with Crippen molar-refractivity contribution in [3.63, 3.8) is 0 Å². The van der Waals surface area contributed by atoms with Gasteiger partial charge in [-0.25, -0.2) is 0 Å². The third-order valence-electron chi connectivity index (χ3n) is 4.73. The number of ether oxygens (including phenoxy) is 2. The maximum Gasteiger partial charge on any atom is 0.0940 e. The Bertz CT molecular complexity index is 316. The standard InChI is InChI=1S/C16H31NO3/c1-14(2,3)17-8-6-15(4,18)13-5-9-20-16(11-13)7-10-19-12-16/h13,17-18H,5-12H2,1-4H3. The first-order valence-corrected chi connectivity index (χ1v) is 7.92. The zero-order valence-corrected chi connectivity index (χ0v) is 13.5. The van der Waals surface area contributed by atoms with Gasteiger partial charge in [-0.3, -0.25) is 0 Å². The molecule has 0 aromatic rings. The Kier molecular flexibility index (Phi) is 4.80. The zero-order valence-electron chi connectivity index (χ0n) is 13.5. The van der Waals surface area contributed by atoms with E-state index in [2.05, 4.69) is 26.1 Å². The van der Waals surface area contributed by atoms with Gasteiger partial charge in [-0.15, -0.1) is 0 Å². The zero-order chi connectivity index (χ0) is 14.9. The molecule has 0 aromatic heterocycles. The van der Waals surface area contributed by atoms with E-state index in [4.69, 9.17) is 9.47 Å². The SMILES string of the molecule is CC(C)(C)NCCC(C)(O)C1CCOC2(CCOC2)C1. The lowest BCUT2D eigenvalue weighted by Gasteiger charge is -2.43. The Labute approximate surface area is 123 Å². The van der Waals surface area contributed by atoms with Crippen molar-refractivity contribution >= 4 is 0 Å². The highest BCUT2D eigenvalue weighted by molar-refractivity contribution is 4.96. The Morgan fingerprint density at radius 3 is 2.60 bits per heavy atom. The van der Waals surface area contributed by atoms with E-state index in [0.717, 1.165) is 45.4 Å². The van der Waals surface area contributed by atoms with Gasteiger partial charge in [0, 0.05) is 25.2 Å². The van der Waals surface area contributed by atoms with E-state index in [0.29, 0.717) is 12.5 Å². The fourth-order valence-corrected chi connectivity index (χ4v) is 3.32. The van der Waals surface area contributed by atoms with Crippen molar-refractivity contribution in [2.45, 2.75) is 70.1 Å². The van der Waals surface area contributed by atoms with Crippen LogP contribution in [0.5, 0.6) is 0 Å². The van der Waals surface area contributed by atoms with Crippen LogP contribution in [-0.4, -0.2) is 48.2 Å². The fourth-order valence-electron chi connectivity index (χ4n) is 3.32. The number of rotatable bonds is 4. The Morgan fingerprint density at radius 1 is 1.25 bits per heavy atom. The summed E-state index contributed by atoms with van der Waals surface area (Å²) in [6.45, 7) is 11.5. The molecule has 2 rings (SSSR count). The van der Waals surface area contributed by atoms with Crippen LogP contribution in [0.1, 0.15) is 53.4 Å². The molecule has 118 valence electrons. The second kappa shape index (κ2) is 5.91. The highest BCUT2D eigenvalue weighted by atomic mass is 16.6. The smallest absolute Gasteiger partial charge is 0.0940 e. The summed E-state index contributed by atoms with van der Waals surface area (Å²) >= 11 is 0. The average Bonchev–Trinajstić information content (AvgIpc) is 2.75. The van der Waals surface area contributed by atoms with Crippen molar-refractivity contribution in [2.75, 3.05) is 26.4 Å². The van der Waals surface area contributed by atoms with Gasteiger partial charge in [0.15, 0.2) is 0 Å². The van der Waals surface area contributed by atoms with Crippen molar-refractivity contribution in [1.29, 1.82) is 0 Å². The van der Waals surface area contributed by atoms with Crippen molar-refractivity contribution in [3.8, 4) is 0 Å². The lowest BCUT2D eigenvalue weighted by Crippen LogP contribution is -2.49. The summed E-state index contributed by atoms with van der Waals surface area (Å²) in [6.07, 6.45) is 3.63. The third kappa shape index (κ3) is 4.17. The monoisotopic (exact) mass is 285 g/mol. The van der Waals surface area contributed by atoms with E-state index in [1.807, 2.05) is 6.92 Å². The van der Waals surface area contributed by atoms with Crippen molar-refractivity contribution < 1.29 is 14.6 Å². The summed E-state index contributed by atoms with van der Waals surface area (Å²) in [5, 5.41) is 14.3. The van der Waals surface area contributed by atoms with Gasteiger partial charge in [-0.1, -0.05) is 0 Å². The molecule has 3 unspecified atom stereocenters. The van der Waals surface area contributed by atoms with E-state index >= 15 is 0 Å². The maximum absolute atomic E-state index is 10.8. The van der Waals surface area contributed by atoms with E-state index in [9.17, 15) is 5.11 Å². The van der Waals surface area contributed by atoms with Crippen LogP contribution in [0.3, 0.4) is 0 Å². The van der Waals surface area contributed by atoms with Crippen molar-refractivity contribution in [3.05, 3.63) is 0 Å². The van der Waals surface area contributed by atoms with Crippen LogP contribution in [0.25, 0.3) is 0 Å². The molecule has 20 heavy (non-hydrogen) atoms. The molecular formula is C16H31NO3. The molecule has 0 aliphatic carbocycles. The molecule has 2 aliphatic rings. The number of aliphatic hydroxyl groups is 1. The van der Waals surface area contributed by atoms with Gasteiger partial charge >= 0.3 is 0 Å². The Balaban J connectivity index is 1.88. The Hall–Kier alpha value is -0.160. The minimum Gasteiger partial charge on any atom is -0.390 e. The van der Waals surface area contributed by atoms with Crippen LogP contribution in [0.4, 0.5) is 0 Å². The van der Waals surface area contributed by atoms with Crippen molar-refractivity contribution in [2.24, 2.45) is 5.92 Å². The van der Waals surface area contributed by atoms with Gasteiger partial charge in [0.2, 0.25) is 0 Å². The minimum atomic E-state index is -0.627. The topological polar surface area (TPSA) is 50.7 Å². The van der Waals surface area contributed by atoms with E-state index in [1.54, 1.807) is 0 Å². The van der Waals surface area contributed by atoms with Crippen molar-refractivity contribution in [1.82, 2.24) is 5.32 Å². The summed E-state index contributed by atoms with van der Waals surface area (Å²) < 4.78 is 11.5. The lowest BCUT2D eigenvalue weighted by atomic mass is 9.75. The maximum atomic E-state index is 10.8. The van der Waals surface area contributed by atoms with Crippen LogP contribution in [0, 0.1) is 5.92 Å². The van der Waals surface area contributed by atoms with Gasteiger partial charge in [-0.05, 0) is 59.4 Å². The van der Waals surface area contributed by atoms with Gasteiger partial charge in [-0.2, -0.15) is 0 Å². The molecule has 0 bridgehead atoms.